The Balaban J connectivity index is 1.45. The first-order valence-corrected chi connectivity index (χ1v) is 12.6. The maximum atomic E-state index is 12.9. The molecule has 1 aromatic heterocycles. The van der Waals surface area contributed by atoms with Gasteiger partial charge in [-0.3, -0.25) is 4.79 Å². The van der Waals surface area contributed by atoms with E-state index >= 15 is 0 Å². The maximum Gasteiger partial charge on any atom is 0.251 e. The van der Waals surface area contributed by atoms with Crippen molar-refractivity contribution < 1.29 is 17.9 Å². The fraction of sp³-hybridized carbons (Fsp3) is 0.333. The molecule has 9 heteroatoms. The summed E-state index contributed by atoms with van der Waals surface area (Å²) in [4.78, 5) is 20.7. The second-order valence-electron chi connectivity index (χ2n) is 8.00. The molecule has 1 amide bonds. The van der Waals surface area contributed by atoms with Crippen LogP contribution in [0.25, 0.3) is 11.3 Å². The molecule has 1 saturated heterocycles. The molecule has 0 bridgehead atoms. The molecule has 0 spiro atoms. The van der Waals surface area contributed by atoms with E-state index in [2.05, 4.69) is 20.0 Å². The smallest absolute Gasteiger partial charge is 0.251 e. The number of aromatic amines is 1. The van der Waals surface area contributed by atoms with Crippen LogP contribution in [0.2, 0.25) is 0 Å². The largest absolute Gasteiger partial charge is 0.377 e. The van der Waals surface area contributed by atoms with Crippen molar-refractivity contribution >= 4 is 15.9 Å². The molecule has 4 rings (SSSR count). The number of hydrogen-bond donors (Lipinski definition) is 3. The summed E-state index contributed by atoms with van der Waals surface area (Å²) in [5.41, 5.74) is 2.14. The minimum Gasteiger partial charge on any atom is -0.377 e. The number of nitrogens with zero attached hydrogens (tertiary/aromatic N) is 1. The van der Waals surface area contributed by atoms with Gasteiger partial charge in [-0.25, -0.2) is 18.1 Å². The maximum absolute atomic E-state index is 12.9. The van der Waals surface area contributed by atoms with Crippen LogP contribution in [0.15, 0.2) is 65.7 Å². The fourth-order valence-electron chi connectivity index (χ4n) is 3.78. The predicted molar refractivity (Wildman–Crippen MR) is 125 cm³/mol. The molecule has 0 radical (unpaired) electrons. The van der Waals surface area contributed by atoms with E-state index in [9.17, 15) is 13.2 Å². The molecule has 3 N–H and O–H groups in total. The number of nitrogens with one attached hydrogen (secondary N) is 3. The Morgan fingerprint density at radius 3 is 2.76 bits per heavy atom. The molecule has 2 aromatic carbocycles. The Morgan fingerprint density at radius 2 is 2.03 bits per heavy atom. The highest BCUT2D eigenvalue weighted by molar-refractivity contribution is 7.89. The number of aromatic nitrogens is 2. The molecule has 3 aromatic rings. The standard InChI is InChI=1S/C24H28N4O4S/c1-2-21(23-25-16-22(27-23)17-8-4-3-5-9-17)28-24(29)18-10-6-12-20(14-18)33(30,31)26-15-19-11-7-13-32-19/h3-6,8-10,12,14,16,19,21,26H,2,7,11,13,15H2,1H3,(H,25,27)(H,28,29). The molecule has 174 valence electrons. The van der Waals surface area contributed by atoms with Crippen molar-refractivity contribution in [1.82, 2.24) is 20.0 Å². The molecule has 1 aliphatic rings. The van der Waals surface area contributed by atoms with Crippen LogP contribution in [0.1, 0.15) is 48.4 Å². The molecule has 2 unspecified atom stereocenters. The third-order valence-corrected chi connectivity index (χ3v) is 7.08. The summed E-state index contributed by atoms with van der Waals surface area (Å²) in [6.45, 7) is 2.83. The fourth-order valence-corrected chi connectivity index (χ4v) is 4.89. The monoisotopic (exact) mass is 468 g/mol. The number of amides is 1. The van der Waals surface area contributed by atoms with E-state index in [1.54, 1.807) is 18.3 Å². The summed E-state index contributed by atoms with van der Waals surface area (Å²) in [7, 11) is -3.75. The zero-order valence-corrected chi connectivity index (χ0v) is 19.3. The molecule has 8 nitrogen and oxygen atoms in total. The number of carbonyl (C=O) groups is 1. The van der Waals surface area contributed by atoms with Crippen LogP contribution in [0, 0.1) is 0 Å². The van der Waals surface area contributed by atoms with Crippen LogP contribution in [0.5, 0.6) is 0 Å². The minimum absolute atomic E-state index is 0.0468. The number of rotatable bonds is 9. The Hall–Kier alpha value is -3.01. The number of carbonyl (C=O) groups excluding carboxylic acids is 1. The lowest BCUT2D eigenvalue weighted by Crippen LogP contribution is -2.32. The first-order valence-electron chi connectivity index (χ1n) is 11.1. The van der Waals surface area contributed by atoms with Gasteiger partial charge >= 0.3 is 0 Å². The summed E-state index contributed by atoms with van der Waals surface area (Å²) >= 11 is 0. The second-order valence-corrected chi connectivity index (χ2v) is 9.76. The highest BCUT2D eigenvalue weighted by Gasteiger charge is 2.22. The number of imidazole rings is 1. The van der Waals surface area contributed by atoms with Crippen molar-refractivity contribution in [3.05, 3.63) is 72.2 Å². The summed E-state index contributed by atoms with van der Waals surface area (Å²) in [5.74, 6) is 0.280. The van der Waals surface area contributed by atoms with Crippen LogP contribution in [0.3, 0.4) is 0 Å². The molecular formula is C24H28N4O4S. The lowest BCUT2D eigenvalue weighted by molar-refractivity contribution is 0.0933. The first-order chi connectivity index (χ1) is 16.0. The Bertz CT molecular complexity index is 1190. The molecule has 1 fully saturated rings. The lowest BCUT2D eigenvalue weighted by Gasteiger charge is -2.16. The van der Waals surface area contributed by atoms with Crippen molar-refractivity contribution in [3.8, 4) is 11.3 Å². The molecule has 33 heavy (non-hydrogen) atoms. The van der Waals surface area contributed by atoms with Crippen molar-refractivity contribution in [2.75, 3.05) is 13.2 Å². The number of sulfonamides is 1. The Morgan fingerprint density at radius 1 is 1.21 bits per heavy atom. The molecule has 1 aliphatic heterocycles. The van der Waals surface area contributed by atoms with Gasteiger partial charge in [0.05, 0.1) is 28.9 Å². The molecular weight excluding hydrogens is 440 g/mol. The van der Waals surface area contributed by atoms with E-state index in [-0.39, 0.29) is 35.1 Å². The van der Waals surface area contributed by atoms with Gasteiger partial charge in [0, 0.05) is 18.7 Å². The number of hydrogen-bond acceptors (Lipinski definition) is 5. The topological polar surface area (TPSA) is 113 Å². The van der Waals surface area contributed by atoms with Crippen LogP contribution in [-0.4, -0.2) is 43.5 Å². The minimum atomic E-state index is -3.75. The van der Waals surface area contributed by atoms with Gasteiger partial charge in [-0.15, -0.1) is 0 Å². The van der Waals surface area contributed by atoms with E-state index in [0.29, 0.717) is 18.9 Å². The van der Waals surface area contributed by atoms with Gasteiger partial charge < -0.3 is 15.0 Å². The van der Waals surface area contributed by atoms with Gasteiger partial charge in [0.25, 0.3) is 5.91 Å². The summed E-state index contributed by atoms with van der Waals surface area (Å²) in [5, 5.41) is 2.95. The van der Waals surface area contributed by atoms with Gasteiger partial charge in [0.15, 0.2) is 0 Å². The average Bonchev–Trinajstić information content (AvgIpc) is 3.54. The van der Waals surface area contributed by atoms with Crippen molar-refractivity contribution in [3.63, 3.8) is 0 Å². The zero-order chi connectivity index (χ0) is 23.3. The van der Waals surface area contributed by atoms with Gasteiger partial charge in [0.1, 0.15) is 5.82 Å². The summed E-state index contributed by atoms with van der Waals surface area (Å²) in [6.07, 6.45) is 4.03. The van der Waals surface area contributed by atoms with Gasteiger partial charge in [-0.1, -0.05) is 43.3 Å². The van der Waals surface area contributed by atoms with Gasteiger partial charge in [0.2, 0.25) is 10.0 Å². The second kappa shape index (κ2) is 10.3. The van der Waals surface area contributed by atoms with E-state index < -0.39 is 10.0 Å². The van der Waals surface area contributed by atoms with Crippen LogP contribution >= 0.6 is 0 Å². The molecule has 2 heterocycles. The molecule has 0 aliphatic carbocycles. The number of benzene rings is 2. The van der Waals surface area contributed by atoms with Crippen LogP contribution in [-0.2, 0) is 14.8 Å². The third-order valence-electron chi connectivity index (χ3n) is 5.66. The Labute approximate surface area is 193 Å². The van der Waals surface area contributed by atoms with E-state index in [1.807, 2.05) is 37.3 Å². The predicted octanol–water partition coefficient (Wildman–Crippen LogP) is 3.42. The van der Waals surface area contributed by atoms with E-state index in [1.165, 1.54) is 12.1 Å². The van der Waals surface area contributed by atoms with Gasteiger partial charge in [-0.2, -0.15) is 0 Å². The highest BCUT2D eigenvalue weighted by Crippen LogP contribution is 2.21. The zero-order valence-electron chi connectivity index (χ0n) is 18.5. The number of ether oxygens (including phenoxy) is 1. The van der Waals surface area contributed by atoms with Crippen molar-refractivity contribution in [2.24, 2.45) is 0 Å². The normalized spacial score (nSPS) is 17.1. The average molecular weight is 469 g/mol. The summed E-state index contributed by atoms with van der Waals surface area (Å²) < 4.78 is 33.4. The van der Waals surface area contributed by atoms with Gasteiger partial charge in [-0.05, 0) is 43.0 Å². The lowest BCUT2D eigenvalue weighted by atomic mass is 10.1. The molecule has 0 saturated carbocycles. The van der Waals surface area contributed by atoms with Crippen LogP contribution < -0.4 is 10.0 Å². The van der Waals surface area contributed by atoms with Crippen molar-refractivity contribution in [1.29, 1.82) is 0 Å². The number of H-pyrrole nitrogens is 1. The van der Waals surface area contributed by atoms with Crippen LogP contribution in [0.4, 0.5) is 0 Å². The summed E-state index contributed by atoms with van der Waals surface area (Å²) in [6, 6.07) is 15.5. The third kappa shape index (κ3) is 5.68. The Kier molecular flexibility index (Phi) is 7.22. The molecule has 2 atom stereocenters. The first kappa shape index (κ1) is 23.2. The van der Waals surface area contributed by atoms with E-state index in [0.717, 1.165) is 24.1 Å². The SMILES string of the molecule is CCC(NC(=O)c1cccc(S(=O)(=O)NCC2CCCO2)c1)c1ncc(-c2ccccc2)[nH]1. The highest BCUT2D eigenvalue weighted by atomic mass is 32.2. The quantitative estimate of drug-likeness (QED) is 0.445. The van der Waals surface area contributed by atoms with E-state index in [4.69, 9.17) is 4.74 Å². The van der Waals surface area contributed by atoms with Crippen molar-refractivity contribution in [2.45, 2.75) is 43.2 Å².